The Hall–Kier alpha value is -1.81. The minimum atomic E-state index is -1.16. The molecular formula is C21H21BrN3OS+. The second-order valence-corrected chi connectivity index (χ2v) is 8.76. The first-order chi connectivity index (χ1) is 12.9. The first-order valence-corrected chi connectivity index (χ1v) is 10.2. The minimum Gasteiger partial charge on any atom is -0.365 e. The van der Waals surface area contributed by atoms with E-state index in [0.717, 1.165) is 28.4 Å². The number of halogens is 1. The lowest BCUT2D eigenvalue weighted by Gasteiger charge is -2.42. The van der Waals surface area contributed by atoms with Gasteiger partial charge in [-0.25, -0.2) is 0 Å². The van der Waals surface area contributed by atoms with Crippen LogP contribution in [0.1, 0.15) is 35.9 Å². The maximum Gasteiger partial charge on any atom is 0.217 e. The standard InChI is InChI=1S/C21H20BrN3OS/c1-13-8-10-25(11-9-13)19-18(14-2-6-16(22)7-3-14)17(12-23)20(27)24-21(19,26)15-4-5-15/h2-3,6-11,15,18-19,24,26H,4-5H2,1H3/p+1/t18-,19+,21-/m0/s1. The Morgan fingerprint density at radius 2 is 1.85 bits per heavy atom. The van der Waals surface area contributed by atoms with Crippen molar-refractivity contribution in [3.63, 3.8) is 0 Å². The highest BCUT2D eigenvalue weighted by Crippen LogP contribution is 2.52. The molecule has 0 spiro atoms. The van der Waals surface area contributed by atoms with Crippen LogP contribution in [-0.4, -0.2) is 10.8 Å². The zero-order valence-corrected chi connectivity index (χ0v) is 17.4. The Balaban J connectivity index is 1.93. The second kappa shape index (κ2) is 6.97. The molecule has 138 valence electrons. The van der Waals surface area contributed by atoms with Crippen molar-refractivity contribution >= 4 is 28.6 Å². The number of nitrogens with one attached hydrogen (secondary N) is 1. The van der Waals surface area contributed by atoms with Crippen LogP contribution >= 0.6 is 28.6 Å². The summed E-state index contributed by atoms with van der Waals surface area (Å²) in [7, 11) is 0. The lowest BCUT2D eigenvalue weighted by atomic mass is 9.76. The summed E-state index contributed by atoms with van der Waals surface area (Å²) in [4.78, 5) is 0. The fourth-order valence-corrected chi connectivity index (χ4v) is 4.63. The molecule has 1 aliphatic carbocycles. The minimum absolute atomic E-state index is 0.136. The van der Waals surface area contributed by atoms with E-state index in [2.05, 4.69) is 39.9 Å². The molecule has 0 unspecified atom stereocenters. The van der Waals surface area contributed by atoms with Crippen LogP contribution in [0.25, 0.3) is 0 Å². The number of nitriles is 1. The van der Waals surface area contributed by atoms with E-state index in [4.69, 9.17) is 0 Å². The lowest BCUT2D eigenvalue weighted by Crippen LogP contribution is -2.65. The normalized spacial score (nSPS) is 27.8. The summed E-state index contributed by atoms with van der Waals surface area (Å²) < 4.78 is 3.01. The van der Waals surface area contributed by atoms with E-state index in [1.54, 1.807) is 0 Å². The molecule has 27 heavy (non-hydrogen) atoms. The SMILES string of the molecule is Cc1cc[n+]([C@@H]2[C@@H](c3ccc(Br)cc3)C(C#N)=C(S)N[C@]2(O)C2CC2)cc1. The molecule has 4 nitrogen and oxygen atoms in total. The van der Waals surface area contributed by atoms with Crippen molar-refractivity contribution < 1.29 is 9.67 Å². The summed E-state index contributed by atoms with van der Waals surface area (Å²) in [6.07, 6.45) is 5.89. The fourth-order valence-electron chi connectivity index (χ4n) is 4.00. The number of benzene rings is 1. The first kappa shape index (κ1) is 18.5. The van der Waals surface area contributed by atoms with Crippen molar-refractivity contribution in [3.8, 4) is 6.07 Å². The second-order valence-electron chi connectivity index (χ2n) is 7.40. The van der Waals surface area contributed by atoms with Gasteiger partial charge in [-0.15, -0.1) is 12.6 Å². The van der Waals surface area contributed by atoms with Gasteiger partial charge >= 0.3 is 0 Å². The maximum absolute atomic E-state index is 11.7. The average molecular weight is 443 g/mol. The number of allylic oxidation sites excluding steroid dienone is 1. The van der Waals surface area contributed by atoms with Gasteiger partial charge in [-0.1, -0.05) is 28.1 Å². The molecule has 0 radical (unpaired) electrons. The lowest BCUT2D eigenvalue weighted by molar-refractivity contribution is -0.742. The van der Waals surface area contributed by atoms with Crippen molar-refractivity contribution in [2.45, 2.75) is 37.5 Å². The zero-order valence-electron chi connectivity index (χ0n) is 14.9. The molecule has 0 bridgehead atoms. The van der Waals surface area contributed by atoms with Crippen LogP contribution in [0.4, 0.5) is 0 Å². The molecule has 2 aromatic rings. The fraction of sp³-hybridized carbons (Fsp3) is 0.333. The van der Waals surface area contributed by atoms with Gasteiger partial charge in [0, 0.05) is 22.5 Å². The van der Waals surface area contributed by atoms with Gasteiger partial charge in [-0.2, -0.15) is 9.83 Å². The molecule has 4 rings (SSSR count). The molecule has 1 saturated carbocycles. The van der Waals surface area contributed by atoms with Gasteiger partial charge in [-0.05, 0) is 43.0 Å². The molecule has 1 aliphatic heterocycles. The molecule has 2 aliphatic rings. The third-order valence-corrected chi connectivity index (χ3v) is 6.42. The van der Waals surface area contributed by atoms with E-state index in [-0.39, 0.29) is 17.9 Å². The van der Waals surface area contributed by atoms with Crippen molar-refractivity contribution in [2.24, 2.45) is 5.92 Å². The van der Waals surface area contributed by atoms with Gasteiger partial charge in [0.15, 0.2) is 12.4 Å². The number of aliphatic hydroxyl groups is 1. The van der Waals surface area contributed by atoms with E-state index < -0.39 is 5.72 Å². The van der Waals surface area contributed by atoms with E-state index in [0.29, 0.717) is 10.6 Å². The molecule has 2 N–H and O–H groups in total. The highest BCUT2D eigenvalue weighted by Gasteiger charge is 2.60. The molecular weight excluding hydrogens is 422 g/mol. The molecule has 0 amide bonds. The predicted molar refractivity (Wildman–Crippen MR) is 110 cm³/mol. The summed E-state index contributed by atoms with van der Waals surface area (Å²) in [6.45, 7) is 2.04. The van der Waals surface area contributed by atoms with Gasteiger partial charge in [0.1, 0.15) is 0 Å². The van der Waals surface area contributed by atoms with Crippen molar-refractivity contribution in [1.82, 2.24) is 5.32 Å². The van der Waals surface area contributed by atoms with Crippen molar-refractivity contribution in [2.75, 3.05) is 0 Å². The number of pyridine rings is 1. The van der Waals surface area contributed by atoms with Crippen LogP contribution in [0, 0.1) is 24.2 Å². The quantitative estimate of drug-likeness (QED) is 0.501. The van der Waals surface area contributed by atoms with Crippen LogP contribution in [-0.2, 0) is 0 Å². The van der Waals surface area contributed by atoms with Gasteiger partial charge in [-0.3, -0.25) is 0 Å². The van der Waals surface area contributed by atoms with Gasteiger partial charge < -0.3 is 10.4 Å². The summed E-state index contributed by atoms with van der Waals surface area (Å²) >= 11 is 8.02. The molecule has 2 heterocycles. The smallest absolute Gasteiger partial charge is 0.217 e. The third-order valence-electron chi connectivity index (χ3n) is 5.54. The van der Waals surface area contributed by atoms with E-state index in [1.807, 2.05) is 60.3 Å². The van der Waals surface area contributed by atoms with Crippen LogP contribution in [0.3, 0.4) is 0 Å². The predicted octanol–water partition coefficient (Wildman–Crippen LogP) is 3.74. The number of rotatable bonds is 3. The molecule has 3 atom stereocenters. The van der Waals surface area contributed by atoms with Gasteiger partial charge in [0.2, 0.25) is 11.8 Å². The van der Waals surface area contributed by atoms with Crippen LogP contribution in [0.15, 0.2) is 63.9 Å². The zero-order chi connectivity index (χ0) is 19.2. The summed E-state index contributed by atoms with van der Waals surface area (Å²) in [6, 6.07) is 14.0. The Morgan fingerprint density at radius 1 is 1.22 bits per heavy atom. The number of nitrogens with zero attached hydrogens (tertiary/aromatic N) is 2. The van der Waals surface area contributed by atoms with Crippen LogP contribution < -0.4 is 9.88 Å². The molecule has 1 fully saturated rings. The monoisotopic (exact) mass is 442 g/mol. The number of thiol groups is 1. The van der Waals surface area contributed by atoms with E-state index in [9.17, 15) is 10.4 Å². The Bertz CT molecular complexity index is 931. The number of aryl methyl sites for hydroxylation is 1. The molecule has 6 heteroatoms. The third kappa shape index (κ3) is 3.29. The Kier molecular flexibility index (Phi) is 4.79. The van der Waals surface area contributed by atoms with E-state index >= 15 is 0 Å². The summed E-state index contributed by atoms with van der Waals surface area (Å²) in [5.74, 6) is -0.160. The molecule has 1 aromatic heterocycles. The topological polar surface area (TPSA) is 59.9 Å². The first-order valence-electron chi connectivity index (χ1n) is 9.00. The van der Waals surface area contributed by atoms with E-state index in [1.165, 1.54) is 0 Å². The molecule has 1 aromatic carbocycles. The number of aromatic nitrogens is 1. The summed E-state index contributed by atoms with van der Waals surface area (Å²) in [5.41, 5.74) is 1.52. The Morgan fingerprint density at radius 3 is 2.41 bits per heavy atom. The number of hydrogen-bond donors (Lipinski definition) is 3. The maximum atomic E-state index is 11.7. The number of hydrogen-bond acceptors (Lipinski definition) is 4. The van der Waals surface area contributed by atoms with Crippen LogP contribution in [0.2, 0.25) is 0 Å². The molecule has 0 saturated heterocycles. The largest absolute Gasteiger partial charge is 0.365 e. The summed E-state index contributed by atoms with van der Waals surface area (Å²) in [5, 5.41) is 25.3. The van der Waals surface area contributed by atoms with Crippen LogP contribution in [0.5, 0.6) is 0 Å². The highest BCUT2D eigenvalue weighted by atomic mass is 79.9. The van der Waals surface area contributed by atoms with Crippen molar-refractivity contribution in [1.29, 1.82) is 5.26 Å². The Labute approximate surface area is 173 Å². The van der Waals surface area contributed by atoms with Gasteiger partial charge in [0.05, 0.1) is 22.6 Å². The average Bonchev–Trinajstić information content (AvgIpc) is 3.49. The highest BCUT2D eigenvalue weighted by molar-refractivity contribution is 9.10. The van der Waals surface area contributed by atoms with Gasteiger partial charge in [0.25, 0.3) is 0 Å². The van der Waals surface area contributed by atoms with Crippen molar-refractivity contribution in [3.05, 3.63) is 75.0 Å².